The molecule has 0 fully saturated rings. The fourth-order valence-electron chi connectivity index (χ4n) is 2.15. The molecule has 0 aliphatic carbocycles. The largest absolute Gasteiger partial charge is 0.252 e. The van der Waals surface area contributed by atoms with Crippen molar-refractivity contribution in [2.45, 2.75) is 30.4 Å². The highest BCUT2D eigenvalue weighted by molar-refractivity contribution is 7.91. The first-order valence-corrected chi connectivity index (χ1v) is 9.61. The molecule has 0 aliphatic rings. The zero-order valence-corrected chi connectivity index (χ0v) is 14.3. The fraction of sp³-hybridized carbons (Fsp3) is 0.357. The van der Waals surface area contributed by atoms with E-state index in [9.17, 15) is 8.42 Å². The molecule has 0 bridgehead atoms. The van der Waals surface area contributed by atoms with Crippen molar-refractivity contribution in [2.75, 3.05) is 6.54 Å². The Morgan fingerprint density at radius 1 is 1.30 bits per heavy atom. The minimum atomic E-state index is -3.40. The minimum Gasteiger partial charge on any atom is -0.219 e. The summed E-state index contributed by atoms with van der Waals surface area (Å²) in [4.78, 5) is 9.23. The molecule has 3 heterocycles. The lowest BCUT2D eigenvalue weighted by Crippen LogP contribution is -2.24. The second-order valence-corrected chi connectivity index (χ2v) is 8.20. The van der Waals surface area contributed by atoms with Crippen LogP contribution in [0.4, 0.5) is 0 Å². The van der Waals surface area contributed by atoms with Crippen LogP contribution in [-0.4, -0.2) is 34.5 Å². The maximum Gasteiger partial charge on any atom is 0.252 e. The number of nitrogens with zero attached hydrogens (tertiary/aromatic N) is 4. The molecule has 0 aliphatic heterocycles. The van der Waals surface area contributed by atoms with Crippen molar-refractivity contribution in [1.29, 1.82) is 0 Å². The van der Waals surface area contributed by atoms with E-state index in [4.69, 9.17) is 0 Å². The van der Waals surface area contributed by atoms with Gasteiger partial charge in [0, 0.05) is 23.8 Å². The molecule has 3 rings (SSSR count). The van der Waals surface area contributed by atoms with E-state index >= 15 is 0 Å². The standard InChI is InChI=1S/C14H17N5O2S2/c1-2-12-5-6-13(22-12)23(20,21)18-7-3-4-11-8-15-14-16-10-17-19(14)9-11/h5-6,8-10,18H,2-4,7H2,1H3. The van der Waals surface area contributed by atoms with E-state index in [0.717, 1.165) is 23.3 Å². The zero-order valence-electron chi connectivity index (χ0n) is 12.6. The lowest BCUT2D eigenvalue weighted by molar-refractivity contribution is 0.581. The first kappa shape index (κ1) is 16.0. The second kappa shape index (κ2) is 6.73. The van der Waals surface area contributed by atoms with E-state index in [1.807, 2.05) is 19.2 Å². The third kappa shape index (κ3) is 3.74. The zero-order chi connectivity index (χ0) is 16.3. The van der Waals surface area contributed by atoms with E-state index < -0.39 is 10.0 Å². The lowest BCUT2D eigenvalue weighted by Gasteiger charge is -2.05. The van der Waals surface area contributed by atoms with Crippen molar-refractivity contribution in [3.63, 3.8) is 0 Å². The van der Waals surface area contributed by atoms with Gasteiger partial charge in [0.25, 0.3) is 5.78 Å². The normalized spacial score (nSPS) is 12.0. The van der Waals surface area contributed by atoms with Crippen molar-refractivity contribution >= 4 is 27.1 Å². The van der Waals surface area contributed by atoms with E-state index in [-0.39, 0.29) is 0 Å². The topological polar surface area (TPSA) is 89.2 Å². The molecule has 0 saturated heterocycles. The number of rotatable bonds is 7. The Labute approximate surface area is 138 Å². The van der Waals surface area contributed by atoms with Crippen molar-refractivity contribution in [3.8, 4) is 0 Å². The molecule has 0 saturated carbocycles. The molecule has 23 heavy (non-hydrogen) atoms. The molecule has 122 valence electrons. The number of aromatic nitrogens is 4. The summed E-state index contributed by atoms with van der Waals surface area (Å²) < 4.78 is 29.0. The summed E-state index contributed by atoms with van der Waals surface area (Å²) in [5.74, 6) is 0.555. The molecule has 0 amide bonds. The van der Waals surface area contributed by atoms with Crippen molar-refractivity contribution < 1.29 is 8.42 Å². The molecule has 9 heteroatoms. The van der Waals surface area contributed by atoms with Gasteiger partial charge in [-0.05, 0) is 37.0 Å². The van der Waals surface area contributed by atoms with E-state index in [2.05, 4.69) is 19.8 Å². The number of fused-ring (bicyclic) bond motifs is 1. The molecular formula is C14H17N5O2S2. The predicted octanol–water partition coefficient (Wildman–Crippen LogP) is 1.66. The highest BCUT2D eigenvalue weighted by atomic mass is 32.2. The second-order valence-electron chi connectivity index (χ2n) is 5.04. The third-order valence-electron chi connectivity index (χ3n) is 3.37. The molecule has 0 atom stereocenters. The Morgan fingerprint density at radius 3 is 2.96 bits per heavy atom. The molecule has 3 aromatic rings. The molecule has 0 spiro atoms. The van der Waals surface area contributed by atoms with Crippen LogP contribution in [0.15, 0.2) is 35.1 Å². The Bertz CT molecular complexity index is 901. The Kier molecular flexibility index (Phi) is 4.69. The fourth-order valence-corrected chi connectivity index (χ4v) is 4.56. The highest BCUT2D eigenvalue weighted by Gasteiger charge is 2.15. The van der Waals surface area contributed by atoms with Gasteiger partial charge in [-0.3, -0.25) is 0 Å². The van der Waals surface area contributed by atoms with Crippen molar-refractivity contribution in [2.24, 2.45) is 0 Å². The maximum atomic E-state index is 12.2. The molecule has 7 nitrogen and oxygen atoms in total. The van der Waals surface area contributed by atoms with Gasteiger partial charge in [-0.15, -0.1) is 11.3 Å². The van der Waals surface area contributed by atoms with Crippen molar-refractivity contribution in [1.82, 2.24) is 24.3 Å². The van der Waals surface area contributed by atoms with E-state index in [1.54, 1.807) is 16.8 Å². The highest BCUT2D eigenvalue weighted by Crippen LogP contribution is 2.21. The lowest BCUT2D eigenvalue weighted by atomic mass is 10.2. The van der Waals surface area contributed by atoms with Crippen LogP contribution in [0.25, 0.3) is 5.78 Å². The monoisotopic (exact) mass is 351 g/mol. The maximum absolute atomic E-state index is 12.2. The van der Waals surface area contributed by atoms with Gasteiger partial charge in [0.05, 0.1) is 0 Å². The summed E-state index contributed by atoms with van der Waals surface area (Å²) in [7, 11) is -3.40. The summed E-state index contributed by atoms with van der Waals surface area (Å²) >= 11 is 1.32. The Hall–Kier alpha value is -1.84. The predicted molar refractivity (Wildman–Crippen MR) is 88.0 cm³/mol. The average Bonchev–Trinajstić information content (AvgIpc) is 3.20. The Morgan fingerprint density at radius 2 is 2.17 bits per heavy atom. The summed E-state index contributed by atoms with van der Waals surface area (Å²) in [5.41, 5.74) is 0.992. The van der Waals surface area contributed by atoms with Crippen LogP contribution in [0, 0.1) is 0 Å². The summed E-state index contributed by atoms with van der Waals surface area (Å²) in [5, 5.41) is 4.03. The van der Waals surface area contributed by atoms with Gasteiger partial charge in [-0.2, -0.15) is 10.1 Å². The average molecular weight is 351 g/mol. The number of nitrogens with one attached hydrogen (secondary N) is 1. The van der Waals surface area contributed by atoms with E-state index in [0.29, 0.717) is 23.0 Å². The first-order chi connectivity index (χ1) is 11.1. The van der Waals surface area contributed by atoms with Crippen LogP contribution in [0.3, 0.4) is 0 Å². The summed E-state index contributed by atoms with van der Waals surface area (Å²) in [6, 6.07) is 3.52. The summed E-state index contributed by atoms with van der Waals surface area (Å²) in [6.07, 6.45) is 7.30. The number of hydrogen-bond donors (Lipinski definition) is 1. The number of aryl methyl sites for hydroxylation is 2. The molecule has 3 aromatic heterocycles. The van der Waals surface area contributed by atoms with Crippen LogP contribution in [0.1, 0.15) is 23.8 Å². The summed E-state index contributed by atoms with van der Waals surface area (Å²) in [6.45, 7) is 2.40. The van der Waals surface area contributed by atoms with Crippen molar-refractivity contribution in [3.05, 3.63) is 41.3 Å². The van der Waals surface area contributed by atoms with Gasteiger partial charge in [0.15, 0.2) is 0 Å². The SMILES string of the molecule is CCc1ccc(S(=O)(=O)NCCCc2cnc3ncnn3c2)s1. The molecule has 1 N–H and O–H groups in total. The quantitative estimate of drug-likeness (QED) is 0.654. The van der Waals surface area contributed by atoms with Crippen LogP contribution < -0.4 is 4.72 Å². The van der Waals surface area contributed by atoms with Crippen LogP contribution in [0.2, 0.25) is 0 Å². The van der Waals surface area contributed by atoms with Gasteiger partial charge in [-0.25, -0.2) is 22.6 Å². The molecule has 0 radical (unpaired) electrons. The third-order valence-corrected chi connectivity index (χ3v) is 6.56. The van der Waals surface area contributed by atoms with Crippen LogP contribution in [0.5, 0.6) is 0 Å². The minimum absolute atomic E-state index is 0.375. The van der Waals surface area contributed by atoms with Gasteiger partial charge in [-0.1, -0.05) is 6.92 Å². The first-order valence-electron chi connectivity index (χ1n) is 7.31. The molecule has 0 unspecified atom stereocenters. The van der Waals surface area contributed by atoms with Gasteiger partial charge in [0.2, 0.25) is 10.0 Å². The number of sulfonamides is 1. The number of thiophene rings is 1. The smallest absolute Gasteiger partial charge is 0.219 e. The van der Waals surface area contributed by atoms with Gasteiger partial charge in [0.1, 0.15) is 10.5 Å². The van der Waals surface area contributed by atoms with Crippen LogP contribution >= 0.6 is 11.3 Å². The molecule has 0 aromatic carbocycles. The van der Waals surface area contributed by atoms with E-state index in [1.165, 1.54) is 17.7 Å². The molecular weight excluding hydrogens is 334 g/mol. The van der Waals surface area contributed by atoms with Gasteiger partial charge < -0.3 is 0 Å². The van der Waals surface area contributed by atoms with Crippen LogP contribution in [-0.2, 0) is 22.9 Å². The Balaban J connectivity index is 1.54. The van der Waals surface area contributed by atoms with Gasteiger partial charge >= 0.3 is 0 Å². The number of hydrogen-bond acceptors (Lipinski definition) is 6.